The highest BCUT2D eigenvalue weighted by Crippen LogP contribution is 2.25. The SMILES string of the molecule is CCCCCCCCCCCCc1ccc(-c2nnc(-c3ccc(Br)cc3)o2)cc1. The molecule has 0 N–H and O–H groups in total. The first-order valence-electron chi connectivity index (χ1n) is 11.4. The average Bonchev–Trinajstić information content (AvgIpc) is 3.26. The molecule has 0 aliphatic heterocycles. The van der Waals surface area contributed by atoms with Gasteiger partial charge in [0, 0.05) is 15.6 Å². The van der Waals surface area contributed by atoms with Crippen LogP contribution >= 0.6 is 15.9 Å². The monoisotopic (exact) mass is 468 g/mol. The van der Waals surface area contributed by atoms with Gasteiger partial charge in [0.25, 0.3) is 0 Å². The molecule has 0 fully saturated rings. The van der Waals surface area contributed by atoms with Crippen LogP contribution in [0.1, 0.15) is 76.7 Å². The number of nitrogens with zero attached hydrogens (tertiary/aromatic N) is 2. The van der Waals surface area contributed by atoms with Crippen molar-refractivity contribution in [2.75, 3.05) is 0 Å². The number of aromatic nitrogens is 2. The molecule has 0 saturated carbocycles. The van der Waals surface area contributed by atoms with Crippen LogP contribution in [-0.2, 0) is 6.42 Å². The summed E-state index contributed by atoms with van der Waals surface area (Å²) in [5, 5.41) is 8.40. The Kier molecular flexibility index (Phi) is 9.62. The molecule has 1 aromatic heterocycles. The van der Waals surface area contributed by atoms with Gasteiger partial charge in [0.2, 0.25) is 11.8 Å². The predicted molar refractivity (Wildman–Crippen MR) is 128 cm³/mol. The molecule has 0 radical (unpaired) electrons. The standard InChI is InChI=1S/C26H33BrN2O/c1-2-3-4-5-6-7-8-9-10-11-12-21-13-15-22(16-14-21)25-28-29-26(30-25)23-17-19-24(27)20-18-23/h13-20H,2-12H2,1H3. The first-order valence-corrected chi connectivity index (χ1v) is 12.2. The van der Waals surface area contributed by atoms with E-state index < -0.39 is 0 Å². The molecule has 160 valence electrons. The Balaban J connectivity index is 1.38. The maximum absolute atomic E-state index is 5.86. The van der Waals surface area contributed by atoms with Gasteiger partial charge in [0.05, 0.1) is 0 Å². The molecule has 4 heteroatoms. The van der Waals surface area contributed by atoms with Crippen molar-refractivity contribution >= 4 is 15.9 Å². The van der Waals surface area contributed by atoms with Crippen molar-refractivity contribution in [2.45, 2.75) is 77.6 Å². The van der Waals surface area contributed by atoms with Crippen LogP contribution < -0.4 is 0 Å². The van der Waals surface area contributed by atoms with E-state index in [9.17, 15) is 0 Å². The summed E-state index contributed by atoms with van der Waals surface area (Å²) in [5.41, 5.74) is 3.28. The van der Waals surface area contributed by atoms with E-state index in [-0.39, 0.29) is 0 Å². The van der Waals surface area contributed by atoms with Crippen molar-refractivity contribution in [3.05, 3.63) is 58.6 Å². The molecule has 0 aliphatic carbocycles. The first kappa shape index (κ1) is 22.7. The van der Waals surface area contributed by atoms with Crippen LogP contribution in [0.2, 0.25) is 0 Å². The van der Waals surface area contributed by atoms with Crippen LogP contribution in [0.3, 0.4) is 0 Å². The van der Waals surface area contributed by atoms with Gasteiger partial charge < -0.3 is 4.42 Å². The molecule has 0 spiro atoms. The third-order valence-electron chi connectivity index (χ3n) is 5.54. The summed E-state index contributed by atoms with van der Waals surface area (Å²) in [5.74, 6) is 1.12. The van der Waals surface area contributed by atoms with Crippen molar-refractivity contribution in [1.82, 2.24) is 10.2 Å². The zero-order valence-electron chi connectivity index (χ0n) is 18.1. The van der Waals surface area contributed by atoms with Gasteiger partial charge in [-0.1, -0.05) is 92.8 Å². The van der Waals surface area contributed by atoms with Gasteiger partial charge in [-0.25, -0.2) is 0 Å². The van der Waals surface area contributed by atoms with E-state index in [4.69, 9.17) is 4.42 Å². The minimum absolute atomic E-state index is 0.548. The number of hydrogen-bond acceptors (Lipinski definition) is 3. The second-order valence-electron chi connectivity index (χ2n) is 8.05. The summed E-state index contributed by atoms with van der Waals surface area (Å²) < 4.78 is 6.90. The van der Waals surface area contributed by atoms with E-state index in [1.165, 1.54) is 69.8 Å². The Hall–Kier alpha value is -1.94. The van der Waals surface area contributed by atoms with Gasteiger partial charge in [-0.05, 0) is 54.8 Å². The van der Waals surface area contributed by atoms with Crippen molar-refractivity contribution in [2.24, 2.45) is 0 Å². The third kappa shape index (κ3) is 7.39. The van der Waals surface area contributed by atoms with Gasteiger partial charge in [0.15, 0.2) is 0 Å². The van der Waals surface area contributed by atoms with E-state index in [0.29, 0.717) is 11.8 Å². The van der Waals surface area contributed by atoms with Gasteiger partial charge in [-0.15, -0.1) is 10.2 Å². The minimum Gasteiger partial charge on any atom is -0.416 e. The van der Waals surface area contributed by atoms with Crippen LogP contribution in [0.15, 0.2) is 57.4 Å². The second kappa shape index (κ2) is 12.7. The second-order valence-corrected chi connectivity index (χ2v) is 8.96. The van der Waals surface area contributed by atoms with Crippen molar-refractivity contribution < 1.29 is 4.42 Å². The highest BCUT2D eigenvalue weighted by Gasteiger charge is 2.10. The van der Waals surface area contributed by atoms with Crippen molar-refractivity contribution in [3.8, 4) is 22.9 Å². The smallest absolute Gasteiger partial charge is 0.248 e. The fraction of sp³-hybridized carbons (Fsp3) is 0.462. The number of halogens is 1. The lowest BCUT2D eigenvalue weighted by Crippen LogP contribution is -1.87. The van der Waals surface area contributed by atoms with Crippen LogP contribution in [-0.4, -0.2) is 10.2 Å². The summed E-state index contributed by atoms with van der Waals surface area (Å²) in [6.07, 6.45) is 14.9. The Morgan fingerprint density at radius 2 is 1.10 bits per heavy atom. The fourth-order valence-electron chi connectivity index (χ4n) is 3.68. The minimum atomic E-state index is 0.548. The summed E-state index contributed by atoms with van der Waals surface area (Å²) in [6, 6.07) is 16.4. The average molecular weight is 469 g/mol. The van der Waals surface area contributed by atoms with E-state index in [1.807, 2.05) is 24.3 Å². The molecule has 0 unspecified atom stereocenters. The topological polar surface area (TPSA) is 38.9 Å². The Bertz CT molecular complexity index is 855. The Labute approximate surface area is 189 Å². The van der Waals surface area contributed by atoms with Gasteiger partial charge >= 0.3 is 0 Å². The van der Waals surface area contributed by atoms with Crippen LogP contribution in [0, 0.1) is 0 Å². The maximum atomic E-state index is 5.86. The molecular formula is C26H33BrN2O. The molecule has 0 atom stereocenters. The number of unbranched alkanes of at least 4 members (excludes halogenated alkanes) is 9. The molecule has 3 rings (SSSR count). The lowest BCUT2D eigenvalue weighted by molar-refractivity contribution is 0.556. The normalized spacial score (nSPS) is 11.1. The molecule has 0 amide bonds. The number of benzene rings is 2. The molecule has 0 saturated heterocycles. The number of hydrogen-bond donors (Lipinski definition) is 0. The van der Waals surface area contributed by atoms with Gasteiger partial charge in [-0.3, -0.25) is 0 Å². The van der Waals surface area contributed by atoms with Crippen LogP contribution in [0.5, 0.6) is 0 Å². The molecule has 0 aliphatic rings. The van der Waals surface area contributed by atoms with Crippen LogP contribution in [0.25, 0.3) is 22.9 Å². The zero-order chi connectivity index (χ0) is 21.0. The van der Waals surface area contributed by atoms with Crippen LogP contribution in [0.4, 0.5) is 0 Å². The molecule has 1 heterocycles. The maximum Gasteiger partial charge on any atom is 0.248 e. The summed E-state index contributed by atoms with van der Waals surface area (Å²) in [4.78, 5) is 0. The molecule has 2 aromatic carbocycles. The largest absolute Gasteiger partial charge is 0.416 e. The fourth-order valence-corrected chi connectivity index (χ4v) is 3.94. The molecule has 30 heavy (non-hydrogen) atoms. The number of aryl methyl sites for hydroxylation is 1. The van der Waals surface area contributed by atoms with Crippen molar-refractivity contribution in [3.63, 3.8) is 0 Å². The molecule has 3 aromatic rings. The zero-order valence-corrected chi connectivity index (χ0v) is 19.7. The predicted octanol–water partition coefficient (Wildman–Crippen LogP) is 8.63. The third-order valence-corrected chi connectivity index (χ3v) is 6.06. The van der Waals surface area contributed by atoms with Crippen molar-refractivity contribution in [1.29, 1.82) is 0 Å². The lowest BCUT2D eigenvalue weighted by Gasteiger charge is -2.04. The summed E-state index contributed by atoms with van der Waals surface area (Å²) >= 11 is 3.44. The molecule has 3 nitrogen and oxygen atoms in total. The van der Waals surface area contributed by atoms with E-state index >= 15 is 0 Å². The van der Waals surface area contributed by atoms with Gasteiger partial charge in [-0.2, -0.15) is 0 Å². The quantitative estimate of drug-likeness (QED) is 0.235. The molecule has 0 bridgehead atoms. The lowest BCUT2D eigenvalue weighted by atomic mass is 10.0. The number of rotatable bonds is 13. The Morgan fingerprint density at radius 1 is 0.633 bits per heavy atom. The van der Waals surface area contributed by atoms with Gasteiger partial charge in [0.1, 0.15) is 0 Å². The summed E-state index contributed by atoms with van der Waals surface area (Å²) in [7, 11) is 0. The highest BCUT2D eigenvalue weighted by atomic mass is 79.9. The molecular weight excluding hydrogens is 436 g/mol. The first-order chi connectivity index (χ1) is 14.8. The summed E-state index contributed by atoms with van der Waals surface area (Å²) in [6.45, 7) is 2.28. The highest BCUT2D eigenvalue weighted by molar-refractivity contribution is 9.10. The Morgan fingerprint density at radius 3 is 1.63 bits per heavy atom. The van der Waals surface area contributed by atoms with E-state index in [1.54, 1.807) is 0 Å². The van der Waals surface area contributed by atoms with E-state index in [0.717, 1.165) is 22.0 Å². The van der Waals surface area contributed by atoms with E-state index in [2.05, 4.69) is 57.3 Å².